The lowest BCUT2D eigenvalue weighted by molar-refractivity contribution is -0.124. The maximum Gasteiger partial charge on any atom is 0.254 e. The minimum absolute atomic E-state index is 0.101. The first kappa shape index (κ1) is 16.0. The standard InChI is InChI=1S/C21H23N3O/c1-15-7-9-16(10-8-15)19-17-5-3-4-6-18(17)24(2)20(25)21(23-19)11-13-22-14-12-21/h3-10,22H,11-14H2,1-2H3. The van der Waals surface area contributed by atoms with E-state index in [1.165, 1.54) is 5.56 Å². The Balaban J connectivity index is 1.95. The van der Waals surface area contributed by atoms with Crippen molar-refractivity contribution >= 4 is 17.3 Å². The van der Waals surface area contributed by atoms with Gasteiger partial charge in [0.25, 0.3) is 5.91 Å². The monoisotopic (exact) mass is 333 g/mol. The molecule has 2 aromatic carbocycles. The van der Waals surface area contributed by atoms with Crippen molar-refractivity contribution in [2.45, 2.75) is 25.3 Å². The highest BCUT2D eigenvalue weighted by atomic mass is 16.2. The Morgan fingerprint density at radius 1 is 1.04 bits per heavy atom. The van der Waals surface area contributed by atoms with E-state index in [9.17, 15) is 4.79 Å². The van der Waals surface area contributed by atoms with Crippen LogP contribution in [0.1, 0.15) is 29.5 Å². The van der Waals surface area contributed by atoms with Crippen molar-refractivity contribution in [2.24, 2.45) is 4.99 Å². The molecule has 4 rings (SSSR count). The summed E-state index contributed by atoms with van der Waals surface area (Å²) in [7, 11) is 1.87. The third-order valence-corrected chi connectivity index (χ3v) is 5.30. The molecule has 0 atom stereocenters. The van der Waals surface area contributed by atoms with E-state index in [0.29, 0.717) is 0 Å². The third kappa shape index (κ3) is 2.67. The SMILES string of the molecule is Cc1ccc(C2=NC3(CCNCC3)C(=O)N(C)c3ccccc32)cc1. The largest absolute Gasteiger partial charge is 0.317 e. The fourth-order valence-electron chi connectivity index (χ4n) is 3.81. The van der Waals surface area contributed by atoms with Gasteiger partial charge in [0.05, 0.1) is 11.4 Å². The first-order chi connectivity index (χ1) is 12.1. The number of rotatable bonds is 1. The lowest BCUT2D eigenvalue weighted by Crippen LogP contribution is -2.52. The van der Waals surface area contributed by atoms with Crippen LogP contribution in [0.25, 0.3) is 0 Å². The average molecular weight is 333 g/mol. The zero-order chi connectivity index (χ0) is 17.4. The summed E-state index contributed by atoms with van der Waals surface area (Å²) in [5.41, 5.74) is 4.50. The minimum atomic E-state index is -0.667. The molecule has 0 unspecified atom stereocenters. The van der Waals surface area contributed by atoms with Gasteiger partial charge in [-0.05, 0) is 38.9 Å². The topological polar surface area (TPSA) is 44.7 Å². The molecular formula is C21H23N3O. The number of aliphatic imine (C=N–C) groups is 1. The van der Waals surface area contributed by atoms with Gasteiger partial charge in [0.2, 0.25) is 0 Å². The van der Waals surface area contributed by atoms with E-state index in [0.717, 1.165) is 48.5 Å². The molecule has 2 aliphatic rings. The van der Waals surface area contributed by atoms with Gasteiger partial charge >= 0.3 is 0 Å². The van der Waals surface area contributed by atoms with E-state index < -0.39 is 5.54 Å². The summed E-state index contributed by atoms with van der Waals surface area (Å²) in [4.78, 5) is 20.2. The molecule has 4 heteroatoms. The highest BCUT2D eigenvalue weighted by Crippen LogP contribution is 2.35. The number of aryl methyl sites for hydroxylation is 1. The van der Waals surface area contributed by atoms with Crippen LogP contribution in [0.3, 0.4) is 0 Å². The fraction of sp³-hybridized carbons (Fsp3) is 0.333. The van der Waals surface area contributed by atoms with Crippen LogP contribution < -0.4 is 10.2 Å². The van der Waals surface area contributed by atoms with Crippen LogP contribution >= 0.6 is 0 Å². The molecule has 1 spiro atoms. The number of nitrogens with one attached hydrogen (secondary N) is 1. The zero-order valence-corrected chi connectivity index (χ0v) is 14.7. The van der Waals surface area contributed by atoms with Gasteiger partial charge in [-0.1, -0.05) is 48.0 Å². The van der Waals surface area contributed by atoms with Crippen LogP contribution in [0.2, 0.25) is 0 Å². The molecule has 0 radical (unpaired) electrons. The van der Waals surface area contributed by atoms with E-state index in [2.05, 4.69) is 42.6 Å². The fourth-order valence-corrected chi connectivity index (χ4v) is 3.81. The van der Waals surface area contributed by atoms with Crippen LogP contribution in [0.15, 0.2) is 53.5 Å². The van der Waals surface area contributed by atoms with Crippen molar-refractivity contribution in [3.63, 3.8) is 0 Å². The van der Waals surface area contributed by atoms with Gasteiger partial charge < -0.3 is 10.2 Å². The lowest BCUT2D eigenvalue weighted by atomic mass is 9.87. The molecule has 4 nitrogen and oxygen atoms in total. The van der Waals surface area contributed by atoms with Gasteiger partial charge in [0, 0.05) is 18.2 Å². The summed E-state index contributed by atoms with van der Waals surface area (Å²) in [6, 6.07) is 16.5. The van der Waals surface area contributed by atoms with Crippen molar-refractivity contribution in [1.29, 1.82) is 0 Å². The molecular weight excluding hydrogens is 310 g/mol. The van der Waals surface area contributed by atoms with Crippen molar-refractivity contribution in [3.8, 4) is 0 Å². The lowest BCUT2D eigenvalue weighted by Gasteiger charge is -2.34. The molecule has 1 amide bonds. The maximum absolute atomic E-state index is 13.3. The number of hydrogen-bond donors (Lipinski definition) is 1. The molecule has 1 fully saturated rings. The van der Waals surface area contributed by atoms with E-state index >= 15 is 0 Å². The summed E-state index contributed by atoms with van der Waals surface area (Å²) < 4.78 is 0. The number of anilines is 1. The Kier molecular flexibility index (Phi) is 3.92. The summed E-state index contributed by atoms with van der Waals surface area (Å²) >= 11 is 0. The zero-order valence-electron chi connectivity index (χ0n) is 14.7. The first-order valence-electron chi connectivity index (χ1n) is 8.86. The van der Waals surface area contributed by atoms with Gasteiger partial charge in [-0.3, -0.25) is 9.79 Å². The molecule has 1 saturated heterocycles. The van der Waals surface area contributed by atoms with Crippen LogP contribution in [0.5, 0.6) is 0 Å². The third-order valence-electron chi connectivity index (χ3n) is 5.30. The molecule has 128 valence electrons. The first-order valence-corrected chi connectivity index (χ1v) is 8.86. The quantitative estimate of drug-likeness (QED) is 0.872. The van der Waals surface area contributed by atoms with Crippen LogP contribution in [0, 0.1) is 6.92 Å². The molecule has 2 aromatic rings. The number of para-hydroxylation sites is 1. The number of amides is 1. The summed E-state index contributed by atoms with van der Waals surface area (Å²) in [5, 5.41) is 3.36. The van der Waals surface area contributed by atoms with Gasteiger partial charge in [0.1, 0.15) is 5.54 Å². The van der Waals surface area contributed by atoms with E-state index in [1.54, 1.807) is 4.90 Å². The second kappa shape index (κ2) is 6.12. The predicted molar refractivity (Wildman–Crippen MR) is 102 cm³/mol. The Hall–Kier alpha value is -2.46. The highest BCUT2D eigenvalue weighted by Gasteiger charge is 2.44. The number of likely N-dealkylation sites (N-methyl/N-ethyl adjacent to an activating group) is 1. The molecule has 0 aliphatic carbocycles. The van der Waals surface area contributed by atoms with Gasteiger partial charge in [0.15, 0.2) is 0 Å². The van der Waals surface area contributed by atoms with Crippen molar-refractivity contribution < 1.29 is 4.79 Å². The predicted octanol–water partition coefficient (Wildman–Crippen LogP) is 2.93. The summed E-state index contributed by atoms with van der Waals surface area (Å²) in [6.07, 6.45) is 1.47. The van der Waals surface area contributed by atoms with Gasteiger partial charge in [-0.15, -0.1) is 0 Å². The number of piperidine rings is 1. The second-order valence-electron chi connectivity index (χ2n) is 6.99. The molecule has 1 N–H and O–H groups in total. The summed E-state index contributed by atoms with van der Waals surface area (Å²) in [6.45, 7) is 3.72. The van der Waals surface area contributed by atoms with Crippen molar-refractivity contribution in [2.75, 3.05) is 25.0 Å². The Labute approximate surface area is 148 Å². The van der Waals surface area contributed by atoms with Crippen LogP contribution in [0.4, 0.5) is 5.69 Å². The van der Waals surface area contributed by atoms with E-state index in [4.69, 9.17) is 4.99 Å². The van der Waals surface area contributed by atoms with Crippen LogP contribution in [-0.2, 0) is 4.79 Å². The van der Waals surface area contributed by atoms with Crippen LogP contribution in [-0.4, -0.2) is 37.3 Å². The number of benzene rings is 2. The number of carbonyl (C=O) groups excluding carboxylic acids is 1. The summed E-state index contributed by atoms with van der Waals surface area (Å²) in [5.74, 6) is 0.101. The number of carbonyl (C=O) groups is 1. The van der Waals surface area contributed by atoms with E-state index in [-0.39, 0.29) is 5.91 Å². The number of hydrogen-bond acceptors (Lipinski definition) is 3. The van der Waals surface area contributed by atoms with Crippen molar-refractivity contribution in [3.05, 3.63) is 65.2 Å². The number of fused-ring (bicyclic) bond motifs is 1. The average Bonchev–Trinajstić information content (AvgIpc) is 2.74. The Bertz CT molecular complexity index is 832. The molecule has 25 heavy (non-hydrogen) atoms. The normalized spacial score (nSPS) is 19.4. The maximum atomic E-state index is 13.3. The minimum Gasteiger partial charge on any atom is -0.317 e. The van der Waals surface area contributed by atoms with Gasteiger partial charge in [-0.25, -0.2) is 0 Å². The molecule has 2 aliphatic heterocycles. The highest BCUT2D eigenvalue weighted by molar-refractivity contribution is 6.20. The number of nitrogens with zero attached hydrogens (tertiary/aromatic N) is 2. The Morgan fingerprint density at radius 3 is 2.44 bits per heavy atom. The second-order valence-corrected chi connectivity index (χ2v) is 6.99. The van der Waals surface area contributed by atoms with E-state index in [1.807, 2.05) is 25.2 Å². The molecule has 2 heterocycles. The van der Waals surface area contributed by atoms with Gasteiger partial charge in [-0.2, -0.15) is 0 Å². The van der Waals surface area contributed by atoms with Crippen molar-refractivity contribution in [1.82, 2.24) is 5.32 Å². The Morgan fingerprint density at radius 2 is 1.72 bits per heavy atom. The molecule has 0 aromatic heterocycles. The smallest absolute Gasteiger partial charge is 0.254 e. The molecule has 0 bridgehead atoms. The molecule has 0 saturated carbocycles.